The van der Waals surface area contributed by atoms with Gasteiger partial charge in [0.25, 0.3) is 5.91 Å². The first kappa shape index (κ1) is 17.0. The predicted molar refractivity (Wildman–Crippen MR) is 101 cm³/mol. The molecule has 1 aliphatic heterocycles. The molecule has 1 aromatic carbocycles. The zero-order chi connectivity index (χ0) is 17.4. The summed E-state index contributed by atoms with van der Waals surface area (Å²) in [6.07, 6.45) is 3.28. The number of likely N-dealkylation sites (N-methyl/N-ethyl adjacent to an activating group) is 1. The largest absolute Gasteiger partial charge is 0.351 e. The third-order valence-corrected chi connectivity index (χ3v) is 5.11. The first-order valence-electron chi connectivity index (χ1n) is 8.55. The number of nitrogens with zero attached hydrogens (tertiary/aromatic N) is 2. The van der Waals surface area contributed by atoms with Gasteiger partial charge in [-0.2, -0.15) is 0 Å². The highest BCUT2D eigenvalue weighted by Crippen LogP contribution is 2.38. The minimum atomic E-state index is -0.187. The maximum atomic E-state index is 12.9. The van der Waals surface area contributed by atoms with Crippen molar-refractivity contribution in [2.24, 2.45) is 0 Å². The average Bonchev–Trinajstić information content (AvgIpc) is 3.38. The SMILES string of the molecule is CCc1ccc(C2NC(=S)N(C3CC3)C(C)=C2C(=O)N(C)C)cc1. The molecule has 24 heavy (non-hydrogen) atoms. The quantitative estimate of drug-likeness (QED) is 0.853. The second-order valence-corrected chi connectivity index (χ2v) is 7.16. The van der Waals surface area contributed by atoms with Gasteiger partial charge in [-0.3, -0.25) is 4.79 Å². The van der Waals surface area contributed by atoms with E-state index in [9.17, 15) is 4.79 Å². The summed E-state index contributed by atoms with van der Waals surface area (Å²) in [6, 6.07) is 8.71. The summed E-state index contributed by atoms with van der Waals surface area (Å²) in [5, 5.41) is 4.14. The van der Waals surface area contributed by atoms with Crippen molar-refractivity contribution in [1.82, 2.24) is 15.1 Å². The van der Waals surface area contributed by atoms with Gasteiger partial charge in [-0.15, -0.1) is 0 Å². The number of carbonyl (C=O) groups is 1. The highest BCUT2D eigenvalue weighted by Gasteiger charge is 2.40. The number of aryl methyl sites for hydroxylation is 1. The summed E-state index contributed by atoms with van der Waals surface area (Å²) in [7, 11) is 3.60. The molecule has 2 aliphatic rings. The Morgan fingerprint density at radius 2 is 1.92 bits per heavy atom. The molecular weight excluding hydrogens is 318 g/mol. The summed E-state index contributed by atoms with van der Waals surface area (Å²) in [4.78, 5) is 16.6. The molecular formula is C19H25N3OS. The Morgan fingerprint density at radius 3 is 2.42 bits per heavy atom. The molecule has 0 spiro atoms. The maximum absolute atomic E-state index is 12.9. The first-order valence-corrected chi connectivity index (χ1v) is 8.95. The molecule has 1 amide bonds. The lowest BCUT2D eigenvalue weighted by molar-refractivity contribution is -0.125. The van der Waals surface area contributed by atoms with Gasteiger partial charge < -0.3 is 15.1 Å². The van der Waals surface area contributed by atoms with Crippen molar-refractivity contribution in [3.05, 3.63) is 46.7 Å². The number of allylic oxidation sites excluding steroid dienone is 1. The van der Waals surface area contributed by atoms with Crippen LogP contribution >= 0.6 is 12.2 Å². The number of carbonyl (C=O) groups excluding carboxylic acids is 1. The molecule has 1 unspecified atom stereocenters. The molecule has 1 heterocycles. The Bertz CT molecular complexity index is 689. The van der Waals surface area contributed by atoms with Gasteiger partial charge in [-0.1, -0.05) is 31.2 Å². The van der Waals surface area contributed by atoms with Crippen LogP contribution in [0.5, 0.6) is 0 Å². The van der Waals surface area contributed by atoms with Crippen molar-refractivity contribution < 1.29 is 4.79 Å². The molecule has 0 aromatic heterocycles. The first-order chi connectivity index (χ1) is 11.4. The fourth-order valence-electron chi connectivity index (χ4n) is 3.24. The Morgan fingerprint density at radius 1 is 1.29 bits per heavy atom. The molecule has 4 nitrogen and oxygen atoms in total. The van der Waals surface area contributed by atoms with E-state index in [1.807, 2.05) is 6.92 Å². The summed E-state index contributed by atoms with van der Waals surface area (Å²) in [6.45, 7) is 4.16. The lowest BCUT2D eigenvalue weighted by Gasteiger charge is -2.38. The van der Waals surface area contributed by atoms with E-state index < -0.39 is 0 Å². The number of benzene rings is 1. The number of rotatable bonds is 4. The van der Waals surface area contributed by atoms with Gasteiger partial charge in [0.1, 0.15) is 0 Å². The van der Waals surface area contributed by atoms with Crippen LogP contribution in [0.4, 0.5) is 0 Å². The van der Waals surface area contributed by atoms with E-state index in [0.717, 1.165) is 41.2 Å². The van der Waals surface area contributed by atoms with Crippen molar-refractivity contribution in [2.45, 2.75) is 45.2 Å². The molecule has 0 bridgehead atoms. The van der Waals surface area contributed by atoms with E-state index in [1.54, 1.807) is 19.0 Å². The number of thiocarbonyl (C=S) groups is 1. The van der Waals surface area contributed by atoms with E-state index in [-0.39, 0.29) is 11.9 Å². The fraction of sp³-hybridized carbons (Fsp3) is 0.474. The van der Waals surface area contributed by atoms with Gasteiger partial charge >= 0.3 is 0 Å². The second-order valence-electron chi connectivity index (χ2n) is 6.78. The highest BCUT2D eigenvalue weighted by atomic mass is 32.1. The monoisotopic (exact) mass is 343 g/mol. The number of nitrogens with one attached hydrogen (secondary N) is 1. The fourth-order valence-corrected chi connectivity index (χ4v) is 3.65. The van der Waals surface area contributed by atoms with Crippen LogP contribution < -0.4 is 5.32 Å². The lowest BCUT2D eigenvalue weighted by atomic mass is 9.93. The van der Waals surface area contributed by atoms with E-state index in [2.05, 4.69) is 41.4 Å². The molecule has 1 saturated carbocycles. The van der Waals surface area contributed by atoms with Crippen LogP contribution in [-0.4, -0.2) is 41.0 Å². The van der Waals surface area contributed by atoms with E-state index in [0.29, 0.717) is 6.04 Å². The minimum Gasteiger partial charge on any atom is -0.351 e. The topological polar surface area (TPSA) is 35.6 Å². The summed E-state index contributed by atoms with van der Waals surface area (Å²) >= 11 is 5.61. The van der Waals surface area contributed by atoms with Crippen molar-refractivity contribution in [2.75, 3.05) is 14.1 Å². The van der Waals surface area contributed by atoms with Gasteiger partial charge in [0, 0.05) is 25.8 Å². The molecule has 1 N–H and O–H groups in total. The smallest absolute Gasteiger partial charge is 0.253 e. The van der Waals surface area contributed by atoms with Crippen LogP contribution in [0.1, 0.15) is 43.9 Å². The Hall–Kier alpha value is -1.88. The van der Waals surface area contributed by atoms with Crippen molar-refractivity contribution >= 4 is 23.2 Å². The maximum Gasteiger partial charge on any atom is 0.253 e. The summed E-state index contributed by atoms with van der Waals surface area (Å²) in [5.74, 6) is 0.0396. The number of hydrogen-bond acceptors (Lipinski definition) is 2. The molecule has 5 heteroatoms. The molecule has 0 saturated heterocycles. The molecule has 1 aliphatic carbocycles. The van der Waals surface area contributed by atoms with Gasteiger partial charge in [0.2, 0.25) is 0 Å². The standard InChI is InChI=1S/C19H25N3OS/c1-5-13-6-8-14(9-7-13)17-16(18(23)21(3)4)12(2)22(15-10-11-15)19(24)20-17/h6-9,15,17H,5,10-11H2,1-4H3,(H,20,24). The molecule has 1 fully saturated rings. The second kappa shape index (κ2) is 6.55. The van der Waals surface area contributed by atoms with E-state index >= 15 is 0 Å². The van der Waals surface area contributed by atoms with E-state index in [1.165, 1.54) is 5.56 Å². The zero-order valence-corrected chi connectivity index (χ0v) is 15.6. The van der Waals surface area contributed by atoms with E-state index in [4.69, 9.17) is 12.2 Å². The van der Waals surface area contributed by atoms with Crippen molar-refractivity contribution in [1.29, 1.82) is 0 Å². The lowest BCUT2D eigenvalue weighted by Crippen LogP contribution is -2.49. The molecule has 1 aromatic rings. The average molecular weight is 343 g/mol. The van der Waals surface area contributed by atoms with Crippen LogP contribution in [0.15, 0.2) is 35.5 Å². The Labute approximate surface area is 149 Å². The molecule has 3 rings (SSSR count). The van der Waals surface area contributed by atoms with Crippen LogP contribution in [0, 0.1) is 0 Å². The van der Waals surface area contributed by atoms with Crippen LogP contribution in [0.3, 0.4) is 0 Å². The van der Waals surface area contributed by atoms with Gasteiger partial charge in [-0.05, 0) is 49.5 Å². The third kappa shape index (κ3) is 3.05. The third-order valence-electron chi connectivity index (χ3n) is 4.80. The number of amides is 1. The van der Waals surface area contributed by atoms with Crippen molar-refractivity contribution in [3.63, 3.8) is 0 Å². The molecule has 128 valence electrons. The Kier molecular flexibility index (Phi) is 4.63. The zero-order valence-electron chi connectivity index (χ0n) is 14.8. The number of hydrogen-bond donors (Lipinski definition) is 1. The van der Waals surface area contributed by atoms with Crippen molar-refractivity contribution in [3.8, 4) is 0 Å². The van der Waals surface area contributed by atoms with Gasteiger partial charge in [-0.25, -0.2) is 0 Å². The minimum absolute atomic E-state index is 0.0396. The van der Waals surface area contributed by atoms with Crippen LogP contribution in [-0.2, 0) is 11.2 Å². The molecule has 1 atom stereocenters. The van der Waals surface area contributed by atoms with Gasteiger partial charge in [0.05, 0.1) is 11.6 Å². The predicted octanol–water partition coefficient (Wildman–Crippen LogP) is 3.00. The van der Waals surface area contributed by atoms with Gasteiger partial charge in [0.15, 0.2) is 5.11 Å². The Balaban J connectivity index is 2.05. The molecule has 0 radical (unpaired) electrons. The highest BCUT2D eigenvalue weighted by molar-refractivity contribution is 7.80. The normalized spacial score (nSPS) is 20.9. The summed E-state index contributed by atoms with van der Waals surface area (Å²) in [5.41, 5.74) is 4.15. The van der Waals surface area contributed by atoms with Crippen LogP contribution in [0.2, 0.25) is 0 Å². The summed E-state index contributed by atoms with van der Waals surface area (Å²) < 4.78 is 0. The van der Waals surface area contributed by atoms with Crippen LogP contribution in [0.25, 0.3) is 0 Å².